The van der Waals surface area contributed by atoms with E-state index in [1.807, 2.05) is 13.8 Å². The number of carbonyl (C=O) groups excluding carboxylic acids is 1. The second kappa shape index (κ2) is 6.66. The number of benzene rings is 1. The third-order valence-corrected chi connectivity index (χ3v) is 3.70. The molecule has 6 nitrogen and oxygen atoms in total. The van der Waals surface area contributed by atoms with E-state index >= 15 is 0 Å². The zero-order valence-corrected chi connectivity index (χ0v) is 13.5. The Hall–Kier alpha value is -2.96. The van der Waals surface area contributed by atoms with Gasteiger partial charge in [0.25, 0.3) is 5.91 Å². The Morgan fingerprint density at radius 3 is 2.75 bits per heavy atom. The molecule has 1 amide bonds. The Morgan fingerprint density at radius 1 is 1.25 bits per heavy atom. The van der Waals surface area contributed by atoms with Gasteiger partial charge in [-0.3, -0.25) is 14.2 Å². The minimum Gasteiger partial charge on any atom is -0.304 e. The molecule has 2 aromatic heterocycles. The second-order valence-corrected chi connectivity index (χ2v) is 5.43. The molecule has 0 aliphatic heterocycles. The summed E-state index contributed by atoms with van der Waals surface area (Å²) >= 11 is 0. The Morgan fingerprint density at radius 2 is 2.04 bits per heavy atom. The van der Waals surface area contributed by atoms with E-state index in [0.717, 1.165) is 5.69 Å². The first-order chi connectivity index (χ1) is 11.6. The lowest BCUT2D eigenvalue weighted by Gasteiger charge is -2.05. The van der Waals surface area contributed by atoms with E-state index in [9.17, 15) is 9.18 Å². The number of hydrogen-bond acceptors (Lipinski definition) is 3. The van der Waals surface area contributed by atoms with E-state index < -0.39 is 0 Å². The molecule has 0 unspecified atom stereocenters. The quantitative estimate of drug-likeness (QED) is 0.784. The molecule has 7 heteroatoms. The lowest BCUT2D eigenvalue weighted by Crippen LogP contribution is -2.14. The number of aromatic nitrogens is 4. The molecule has 0 fully saturated rings. The van der Waals surface area contributed by atoms with Gasteiger partial charge in [-0.2, -0.15) is 10.2 Å². The molecule has 1 N–H and O–H groups in total. The van der Waals surface area contributed by atoms with Crippen molar-refractivity contribution in [2.75, 3.05) is 5.32 Å². The van der Waals surface area contributed by atoms with Crippen LogP contribution in [-0.4, -0.2) is 25.5 Å². The maximum absolute atomic E-state index is 13.8. The molecule has 0 saturated carbocycles. The van der Waals surface area contributed by atoms with E-state index in [-0.39, 0.29) is 11.7 Å². The van der Waals surface area contributed by atoms with Crippen molar-refractivity contribution in [1.82, 2.24) is 19.6 Å². The molecule has 0 atom stereocenters. The monoisotopic (exact) mass is 327 g/mol. The highest BCUT2D eigenvalue weighted by Crippen LogP contribution is 2.14. The fourth-order valence-corrected chi connectivity index (χ4v) is 2.36. The maximum atomic E-state index is 13.8. The molecular formula is C17H18FN5O. The third-order valence-electron chi connectivity index (χ3n) is 3.70. The average Bonchev–Trinajstić information content (AvgIpc) is 3.17. The van der Waals surface area contributed by atoms with Gasteiger partial charge in [0.1, 0.15) is 5.82 Å². The molecule has 124 valence electrons. The standard InChI is InChI=1S/C17H18FN5O/c1-3-22-9-8-15(20-22)17(24)19-16-10-12(2)23(21-16)11-13-6-4-5-7-14(13)18/h4-10H,3,11H2,1-2H3,(H,19,21,24). The van der Waals surface area contributed by atoms with Crippen LogP contribution in [0.3, 0.4) is 0 Å². The van der Waals surface area contributed by atoms with Gasteiger partial charge in [0.2, 0.25) is 0 Å². The van der Waals surface area contributed by atoms with Gasteiger partial charge in [-0.1, -0.05) is 18.2 Å². The zero-order valence-electron chi connectivity index (χ0n) is 13.5. The second-order valence-electron chi connectivity index (χ2n) is 5.43. The SMILES string of the molecule is CCn1ccc(C(=O)Nc2cc(C)n(Cc3ccccc3F)n2)n1. The molecule has 3 aromatic rings. The first kappa shape index (κ1) is 15.9. The topological polar surface area (TPSA) is 64.7 Å². The van der Waals surface area contributed by atoms with Gasteiger partial charge in [-0.05, 0) is 26.0 Å². The molecule has 0 spiro atoms. The van der Waals surface area contributed by atoms with E-state index in [2.05, 4.69) is 15.5 Å². The van der Waals surface area contributed by atoms with Gasteiger partial charge in [0, 0.05) is 30.1 Å². The van der Waals surface area contributed by atoms with Gasteiger partial charge >= 0.3 is 0 Å². The van der Waals surface area contributed by atoms with Crippen molar-refractivity contribution in [3.63, 3.8) is 0 Å². The van der Waals surface area contributed by atoms with Gasteiger partial charge in [-0.25, -0.2) is 4.39 Å². The normalized spacial score (nSPS) is 10.8. The number of halogens is 1. The van der Waals surface area contributed by atoms with E-state index in [1.54, 1.807) is 45.9 Å². The number of rotatable bonds is 5. The molecule has 2 heterocycles. The number of anilines is 1. The van der Waals surface area contributed by atoms with Crippen LogP contribution in [0.25, 0.3) is 0 Å². The van der Waals surface area contributed by atoms with Crippen LogP contribution in [0.2, 0.25) is 0 Å². The van der Waals surface area contributed by atoms with Crippen LogP contribution in [-0.2, 0) is 13.1 Å². The van der Waals surface area contributed by atoms with Crippen molar-refractivity contribution >= 4 is 11.7 Å². The average molecular weight is 327 g/mol. The number of aryl methyl sites for hydroxylation is 2. The number of nitrogens with one attached hydrogen (secondary N) is 1. The summed E-state index contributed by atoms with van der Waals surface area (Å²) in [5.41, 5.74) is 1.70. The van der Waals surface area contributed by atoms with Gasteiger partial charge < -0.3 is 5.32 Å². The maximum Gasteiger partial charge on any atom is 0.277 e. The van der Waals surface area contributed by atoms with Crippen LogP contribution in [0.1, 0.15) is 28.7 Å². The number of hydrogen-bond donors (Lipinski definition) is 1. The van der Waals surface area contributed by atoms with Crippen molar-refractivity contribution in [3.05, 3.63) is 65.4 Å². The summed E-state index contributed by atoms with van der Waals surface area (Å²) in [6.07, 6.45) is 1.75. The summed E-state index contributed by atoms with van der Waals surface area (Å²) in [6, 6.07) is 9.96. The van der Waals surface area contributed by atoms with E-state index in [0.29, 0.717) is 30.2 Å². The summed E-state index contributed by atoms with van der Waals surface area (Å²) < 4.78 is 17.1. The summed E-state index contributed by atoms with van der Waals surface area (Å²) in [5, 5.41) is 11.2. The van der Waals surface area contributed by atoms with Crippen molar-refractivity contribution in [1.29, 1.82) is 0 Å². The molecule has 0 bridgehead atoms. The van der Waals surface area contributed by atoms with Crippen LogP contribution in [0.5, 0.6) is 0 Å². The van der Waals surface area contributed by atoms with E-state index in [1.165, 1.54) is 6.07 Å². The van der Waals surface area contributed by atoms with Gasteiger partial charge in [0.05, 0.1) is 6.54 Å². The Balaban J connectivity index is 1.74. The molecule has 0 saturated heterocycles. The van der Waals surface area contributed by atoms with Crippen LogP contribution < -0.4 is 5.32 Å². The minimum absolute atomic E-state index is 0.275. The van der Waals surface area contributed by atoms with E-state index in [4.69, 9.17) is 0 Å². The van der Waals surface area contributed by atoms with Crippen LogP contribution in [0.15, 0.2) is 42.6 Å². The van der Waals surface area contributed by atoms with Crippen molar-refractivity contribution < 1.29 is 9.18 Å². The first-order valence-electron chi connectivity index (χ1n) is 7.69. The van der Waals surface area contributed by atoms with Gasteiger partial charge in [-0.15, -0.1) is 0 Å². The summed E-state index contributed by atoms with van der Waals surface area (Å²) in [6.45, 7) is 4.81. The van der Waals surface area contributed by atoms with Crippen LogP contribution in [0, 0.1) is 12.7 Å². The van der Waals surface area contributed by atoms with Crippen LogP contribution >= 0.6 is 0 Å². The summed E-state index contributed by atoms with van der Waals surface area (Å²) in [5.74, 6) is -0.180. The van der Waals surface area contributed by atoms with Crippen LogP contribution in [0.4, 0.5) is 10.2 Å². The highest BCUT2D eigenvalue weighted by atomic mass is 19.1. The summed E-state index contributed by atoms with van der Waals surface area (Å²) in [7, 11) is 0. The van der Waals surface area contributed by atoms with Gasteiger partial charge in [0.15, 0.2) is 11.5 Å². The molecule has 3 rings (SSSR count). The zero-order chi connectivity index (χ0) is 17.1. The number of carbonyl (C=O) groups is 1. The molecule has 0 aliphatic carbocycles. The number of nitrogens with zero attached hydrogens (tertiary/aromatic N) is 4. The minimum atomic E-state index is -0.322. The molecule has 0 radical (unpaired) electrons. The molecular weight excluding hydrogens is 309 g/mol. The fourth-order valence-electron chi connectivity index (χ4n) is 2.36. The predicted octanol–water partition coefficient (Wildman–Crippen LogP) is 2.85. The first-order valence-corrected chi connectivity index (χ1v) is 7.69. The largest absolute Gasteiger partial charge is 0.304 e. The highest BCUT2D eigenvalue weighted by molar-refractivity contribution is 6.02. The smallest absolute Gasteiger partial charge is 0.277 e. The lowest BCUT2D eigenvalue weighted by atomic mass is 10.2. The van der Waals surface area contributed by atoms with Crippen molar-refractivity contribution in [3.8, 4) is 0 Å². The third kappa shape index (κ3) is 3.34. The van der Waals surface area contributed by atoms with Crippen molar-refractivity contribution in [2.24, 2.45) is 0 Å². The summed E-state index contributed by atoms with van der Waals surface area (Å²) in [4.78, 5) is 12.2. The predicted molar refractivity (Wildman–Crippen MR) is 88.3 cm³/mol. The fraction of sp³-hybridized carbons (Fsp3) is 0.235. The Bertz CT molecular complexity index is 868. The molecule has 1 aromatic carbocycles. The number of amides is 1. The highest BCUT2D eigenvalue weighted by Gasteiger charge is 2.13. The Labute approximate surface area is 138 Å². The lowest BCUT2D eigenvalue weighted by molar-refractivity contribution is 0.102. The van der Waals surface area contributed by atoms with Crippen molar-refractivity contribution in [2.45, 2.75) is 26.9 Å². The molecule has 24 heavy (non-hydrogen) atoms. The Kier molecular flexibility index (Phi) is 4.41. The molecule has 0 aliphatic rings.